The summed E-state index contributed by atoms with van der Waals surface area (Å²) in [5.74, 6) is 0. The fourth-order valence-corrected chi connectivity index (χ4v) is 8.93. The Morgan fingerprint density at radius 3 is 1.52 bits per heavy atom. The van der Waals surface area contributed by atoms with Crippen molar-refractivity contribution in [1.82, 2.24) is 0 Å². The zero-order chi connectivity index (χ0) is 35.8. The summed E-state index contributed by atoms with van der Waals surface area (Å²) in [4.78, 5) is 2.41. The second kappa shape index (κ2) is 13.7. The lowest BCUT2D eigenvalue weighted by Crippen LogP contribution is -2.10. The predicted molar refractivity (Wildman–Crippen MR) is 233 cm³/mol. The number of rotatable bonds is 7. The molecule has 10 aromatic rings. The van der Waals surface area contributed by atoms with E-state index in [1.165, 1.54) is 81.1 Å². The summed E-state index contributed by atoms with van der Waals surface area (Å²) in [6.45, 7) is 0. The molecule has 0 saturated carbocycles. The largest absolute Gasteiger partial charge is 0.310 e. The van der Waals surface area contributed by atoms with Gasteiger partial charge in [0.2, 0.25) is 0 Å². The van der Waals surface area contributed by atoms with E-state index in [0.717, 1.165) is 11.4 Å². The highest BCUT2D eigenvalue weighted by Crippen LogP contribution is 2.45. The highest BCUT2D eigenvalue weighted by Gasteiger charge is 2.19. The van der Waals surface area contributed by atoms with E-state index in [4.69, 9.17) is 0 Å². The zero-order valence-electron chi connectivity index (χ0n) is 29.6. The number of hydrogen-bond donors (Lipinski definition) is 0. The Morgan fingerprint density at radius 1 is 0.315 bits per heavy atom. The summed E-state index contributed by atoms with van der Waals surface area (Å²) < 4.78 is 2.59. The molecule has 10 rings (SSSR count). The Hall–Kier alpha value is -6.74. The quantitative estimate of drug-likeness (QED) is 0.160. The molecule has 1 aromatic heterocycles. The van der Waals surface area contributed by atoms with Crippen LogP contribution in [-0.4, -0.2) is 0 Å². The van der Waals surface area contributed by atoms with Gasteiger partial charge in [0.15, 0.2) is 0 Å². The maximum Gasteiger partial charge on any atom is 0.0554 e. The Morgan fingerprint density at radius 2 is 0.796 bits per heavy atom. The lowest BCUT2D eigenvalue weighted by Gasteiger charge is -2.27. The van der Waals surface area contributed by atoms with Gasteiger partial charge in [-0.05, 0) is 104 Å². The number of hydrogen-bond acceptors (Lipinski definition) is 2. The van der Waals surface area contributed by atoms with Crippen LogP contribution in [0, 0.1) is 0 Å². The number of thiophene rings is 1. The predicted octanol–water partition coefficient (Wildman–Crippen LogP) is 15.3. The molecule has 0 radical (unpaired) electrons. The van der Waals surface area contributed by atoms with Crippen LogP contribution in [0.25, 0.3) is 75.5 Å². The molecule has 54 heavy (non-hydrogen) atoms. The second-order valence-corrected chi connectivity index (χ2v) is 14.8. The molecule has 0 fully saturated rings. The van der Waals surface area contributed by atoms with Gasteiger partial charge in [0.1, 0.15) is 0 Å². The molecule has 1 heterocycles. The van der Waals surface area contributed by atoms with Crippen molar-refractivity contribution >= 4 is 59.3 Å². The number of fused-ring (bicyclic) bond motifs is 4. The Balaban J connectivity index is 0.997. The van der Waals surface area contributed by atoms with Crippen molar-refractivity contribution in [2.24, 2.45) is 0 Å². The van der Waals surface area contributed by atoms with Gasteiger partial charge in [0.05, 0.1) is 5.69 Å². The maximum atomic E-state index is 2.41. The summed E-state index contributed by atoms with van der Waals surface area (Å²) >= 11 is 1.86. The second-order valence-electron chi connectivity index (χ2n) is 13.7. The van der Waals surface area contributed by atoms with Crippen molar-refractivity contribution in [2.45, 2.75) is 0 Å². The van der Waals surface area contributed by atoms with E-state index in [2.05, 4.69) is 217 Å². The van der Waals surface area contributed by atoms with Gasteiger partial charge in [-0.1, -0.05) is 164 Å². The molecular formula is C52H35NS. The first-order valence-electron chi connectivity index (χ1n) is 18.4. The van der Waals surface area contributed by atoms with Crippen molar-refractivity contribution < 1.29 is 0 Å². The number of benzene rings is 9. The Kier molecular flexibility index (Phi) is 8.09. The van der Waals surface area contributed by atoms with Crippen molar-refractivity contribution in [3.8, 4) is 44.5 Å². The van der Waals surface area contributed by atoms with Crippen LogP contribution in [0.4, 0.5) is 17.1 Å². The normalized spacial score (nSPS) is 11.3. The molecule has 2 heteroatoms. The van der Waals surface area contributed by atoms with E-state index in [1.54, 1.807) is 0 Å². The van der Waals surface area contributed by atoms with Gasteiger partial charge in [-0.25, -0.2) is 0 Å². The van der Waals surface area contributed by atoms with E-state index in [9.17, 15) is 0 Å². The minimum atomic E-state index is 1.12. The van der Waals surface area contributed by atoms with Crippen LogP contribution < -0.4 is 4.90 Å². The van der Waals surface area contributed by atoms with Crippen LogP contribution >= 0.6 is 11.3 Å². The first kappa shape index (κ1) is 32.0. The fourth-order valence-electron chi connectivity index (χ4n) is 7.80. The molecule has 0 aliphatic heterocycles. The van der Waals surface area contributed by atoms with Gasteiger partial charge in [-0.3, -0.25) is 0 Å². The maximum absolute atomic E-state index is 2.41. The number of anilines is 3. The Labute approximate surface area is 319 Å². The molecule has 0 atom stereocenters. The highest BCUT2D eigenvalue weighted by molar-refractivity contribution is 7.26. The molecule has 0 spiro atoms. The molecule has 1 nitrogen and oxygen atoms in total. The van der Waals surface area contributed by atoms with Gasteiger partial charge in [-0.15, -0.1) is 11.3 Å². The molecule has 0 amide bonds. The van der Waals surface area contributed by atoms with Gasteiger partial charge in [-0.2, -0.15) is 0 Å². The SMILES string of the molecule is c1ccc(-c2ccc(N(c3ccc(-c4ccc(-c5cccc(-c6cccc7ccccc67)c5)cc4)cc3)c3cccc4sc5ccccc5c34)cc2)cc1. The summed E-state index contributed by atoms with van der Waals surface area (Å²) in [6, 6.07) is 77.0. The molecule has 0 aliphatic rings. The molecule has 0 N–H and O–H groups in total. The lowest BCUT2D eigenvalue weighted by atomic mass is 9.94. The molecule has 0 aliphatic carbocycles. The van der Waals surface area contributed by atoms with Crippen LogP contribution in [0.5, 0.6) is 0 Å². The summed E-state index contributed by atoms with van der Waals surface area (Å²) in [6.07, 6.45) is 0. The van der Waals surface area contributed by atoms with Gasteiger partial charge < -0.3 is 4.90 Å². The molecule has 0 bridgehead atoms. The summed E-state index contributed by atoms with van der Waals surface area (Å²) in [5.41, 5.74) is 13.1. The molecule has 0 saturated heterocycles. The van der Waals surface area contributed by atoms with E-state index in [0.29, 0.717) is 0 Å². The first-order chi connectivity index (χ1) is 26.8. The molecular weight excluding hydrogens is 671 g/mol. The van der Waals surface area contributed by atoms with Crippen molar-refractivity contribution in [3.05, 3.63) is 212 Å². The molecule has 254 valence electrons. The third-order valence-corrected chi connectivity index (χ3v) is 11.6. The van der Waals surface area contributed by atoms with Crippen LogP contribution in [-0.2, 0) is 0 Å². The van der Waals surface area contributed by atoms with Crippen molar-refractivity contribution in [1.29, 1.82) is 0 Å². The van der Waals surface area contributed by atoms with E-state index < -0.39 is 0 Å². The first-order valence-corrected chi connectivity index (χ1v) is 19.2. The van der Waals surface area contributed by atoms with Crippen LogP contribution in [0.2, 0.25) is 0 Å². The van der Waals surface area contributed by atoms with Gasteiger partial charge in [0.25, 0.3) is 0 Å². The van der Waals surface area contributed by atoms with Gasteiger partial charge in [0, 0.05) is 31.5 Å². The lowest BCUT2D eigenvalue weighted by molar-refractivity contribution is 1.30. The topological polar surface area (TPSA) is 3.24 Å². The van der Waals surface area contributed by atoms with Crippen molar-refractivity contribution in [3.63, 3.8) is 0 Å². The number of nitrogens with zero attached hydrogens (tertiary/aromatic N) is 1. The van der Waals surface area contributed by atoms with Crippen LogP contribution in [0.3, 0.4) is 0 Å². The average molecular weight is 706 g/mol. The fraction of sp³-hybridized carbons (Fsp3) is 0. The van der Waals surface area contributed by atoms with Crippen molar-refractivity contribution in [2.75, 3.05) is 4.90 Å². The van der Waals surface area contributed by atoms with E-state index >= 15 is 0 Å². The minimum absolute atomic E-state index is 1.12. The zero-order valence-corrected chi connectivity index (χ0v) is 30.4. The van der Waals surface area contributed by atoms with Gasteiger partial charge >= 0.3 is 0 Å². The Bertz CT molecular complexity index is 2900. The summed E-state index contributed by atoms with van der Waals surface area (Å²) in [7, 11) is 0. The molecule has 9 aromatic carbocycles. The molecule has 0 unspecified atom stereocenters. The average Bonchev–Trinajstić information content (AvgIpc) is 3.64. The highest BCUT2D eigenvalue weighted by atomic mass is 32.1. The smallest absolute Gasteiger partial charge is 0.0554 e. The minimum Gasteiger partial charge on any atom is -0.310 e. The standard InChI is InChI=1S/C52H35NS/c1-2-11-36(12-3-1)38-27-31-44(32-28-38)53(49-20-10-22-51-52(49)48-18-6-7-21-50(48)54-51)45-33-29-39(30-34-45)37-23-25-40(26-24-37)42-15-8-16-43(35-42)47-19-9-14-41-13-4-5-17-46(41)47/h1-35H. The third kappa shape index (κ3) is 5.84. The van der Waals surface area contributed by atoms with Crippen LogP contribution in [0.15, 0.2) is 212 Å². The monoisotopic (exact) mass is 705 g/mol. The van der Waals surface area contributed by atoms with Crippen LogP contribution in [0.1, 0.15) is 0 Å². The van der Waals surface area contributed by atoms with E-state index in [-0.39, 0.29) is 0 Å². The third-order valence-electron chi connectivity index (χ3n) is 10.5. The summed E-state index contributed by atoms with van der Waals surface area (Å²) in [5, 5.41) is 5.11. The van der Waals surface area contributed by atoms with E-state index in [1.807, 2.05) is 11.3 Å².